The van der Waals surface area contributed by atoms with Crippen LogP contribution in [0.25, 0.3) is 32.7 Å². The largest absolute Gasteiger partial charge is 0.493 e. The van der Waals surface area contributed by atoms with E-state index >= 15 is 0 Å². The van der Waals surface area contributed by atoms with E-state index in [-0.39, 0.29) is 5.88 Å². The molecule has 4 aromatic rings. The minimum atomic E-state index is 0.0625. The van der Waals surface area contributed by atoms with E-state index in [1.807, 2.05) is 13.0 Å². The molecule has 106 valence electrons. The van der Waals surface area contributed by atoms with Crippen LogP contribution < -0.4 is 0 Å². The van der Waals surface area contributed by atoms with Gasteiger partial charge in [0, 0.05) is 17.3 Å². The van der Waals surface area contributed by atoms with Gasteiger partial charge in [-0.1, -0.05) is 48.5 Å². The van der Waals surface area contributed by atoms with Crippen LogP contribution in [0.15, 0.2) is 66.7 Å². The fourth-order valence-electron chi connectivity index (χ4n) is 3.02. The van der Waals surface area contributed by atoms with Crippen LogP contribution in [0.5, 0.6) is 5.88 Å². The second-order valence-electron chi connectivity index (χ2n) is 5.53. The lowest BCUT2D eigenvalue weighted by Gasteiger charge is -2.09. The average Bonchev–Trinajstić information content (AvgIpc) is 2.54. The zero-order valence-corrected chi connectivity index (χ0v) is 12.2. The first-order chi connectivity index (χ1) is 10.7. The molecule has 0 aliphatic heterocycles. The Hall–Kier alpha value is -2.87. The van der Waals surface area contributed by atoms with Crippen molar-refractivity contribution in [3.63, 3.8) is 0 Å². The van der Waals surface area contributed by atoms with E-state index in [1.165, 1.54) is 21.5 Å². The maximum Gasteiger partial charge on any atom is 0.210 e. The number of nitrogens with zero attached hydrogens (tertiary/aromatic N) is 1. The molecule has 0 amide bonds. The molecule has 0 unspecified atom stereocenters. The van der Waals surface area contributed by atoms with Gasteiger partial charge in [-0.3, -0.25) is 0 Å². The van der Waals surface area contributed by atoms with Crippen LogP contribution in [0.1, 0.15) is 5.69 Å². The molecule has 0 aliphatic carbocycles. The van der Waals surface area contributed by atoms with Gasteiger partial charge in [-0.15, -0.1) is 0 Å². The Morgan fingerprint density at radius 3 is 2.32 bits per heavy atom. The highest BCUT2D eigenvalue weighted by Crippen LogP contribution is 2.31. The third-order valence-corrected chi connectivity index (χ3v) is 4.13. The predicted molar refractivity (Wildman–Crippen MR) is 91.1 cm³/mol. The first kappa shape index (κ1) is 12.8. The van der Waals surface area contributed by atoms with E-state index in [9.17, 15) is 5.11 Å². The summed E-state index contributed by atoms with van der Waals surface area (Å²) in [5.41, 5.74) is 3.00. The molecule has 2 nitrogen and oxygen atoms in total. The summed E-state index contributed by atoms with van der Waals surface area (Å²) in [4.78, 5) is 4.15. The molecule has 0 saturated heterocycles. The molecule has 1 N–H and O–H groups in total. The zero-order chi connectivity index (χ0) is 15.1. The fourth-order valence-corrected chi connectivity index (χ4v) is 3.02. The summed E-state index contributed by atoms with van der Waals surface area (Å²) in [7, 11) is 0. The van der Waals surface area contributed by atoms with E-state index in [0.717, 1.165) is 16.8 Å². The third-order valence-electron chi connectivity index (χ3n) is 4.13. The highest BCUT2D eigenvalue weighted by atomic mass is 16.3. The van der Waals surface area contributed by atoms with Crippen LogP contribution in [0.4, 0.5) is 0 Å². The van der Waals surface area contributed by atoms with Gasteiger partial charge in [-0.2, -0.15) is 0 Å². The maximum absolute atomic E-state index is 9.49. The lowest BCUT2D eigenvalue weighted by atomic mass is 9.97. The molecule has 1 heterocycles. The van der Waals surface area contributed by atoms with Crippen LogP contribution in [0.2, 0.25) is 0 Å². The van der Waals surface area contributed by atoms with Crippen molar-refractivity contribution in [2.75, 3.05) is 0 Å². The van der Waals surface area contributed by atoms with Gasteiger partial charge in [0.05, 0.1) is 0 Å². The Bertz CT molecular complexity index is 1000. The molecule has 0 radical (unpaired) electrons. The number of aryl methyl sites for hydroxylation is 1. The van der Waals surface area contributed by atoms with Gasteiger partial charge in [-0.05, 0) is 46.2 Å². The van der Waals surface area contributed by atoms with Crippen LogP contribution in [0.3, 0.4) is 0 Å². The predicted octanol–water partition coefficient (Wildman–Crippen LogP) is 5.07. The second-order valence-corrected chi connectivity index (χ2v) is 5.53. The zero-order valence-electron chi connectivity index (χ0n) is 12.2. The van der Waals surface area contributed by atoms with Gasteiger partial charge in [0.25, 0.3) is 0 Å². The summed E-state index contributed by atoms with van der Waals surface area (Å²) in [5.74, 6) is 0.0625. The van der Waals surface area contributed by atoms with Crippen molar-refractivity contribution in [3.8, 4) is 17.0 Å². The van der Waals surface area contributed by atoms with E-state index in [0.29, 0.717) is 0 Å². The number of pyridine rings is 1. The number of hydrogen-bond donors (Lipinski definition) is 1. The van der Waals surface area contributed by atoms with Crippen molar-refractivity contribution < 1.29 is 5.11 Å². The standard InChI is InChI=1S/C20H15NO/c1-13-17(10-11-20(22)21-13)16-9-8-15-7-6-14-4-2-3-5-18(14)19(15)12-16/h2-12H,1H3,(H,21,22). The summed E-state index contributed by atoms with van der Waals surface area (Å²) in [6.45, 7) is 1.92. The normalized spacial score (nSPS) is 11.1. The highest BCUT2D eigenvalue weighted by molar-refractivity contribution is 6.08. The number of fused-ring (bicyclic) bond motifs is 3. The topological polar surface area (TPSA) is 33.1 Å². The molecule has 4 rings (SSSR count). The number of aromatic nitrogens is 1. The van der Waals surface area contributed by atoms with Gasteiger partial charge in [0.15, 0.2) is 0 Å². The van der Waals surface area contributed by atoms with Gasteiger partial charge < -0.3 is 5.11 Å². The lowest BCUT2D eigenvalue weighted by molar-refractivity contribution is 0.452. The summed E-state index contributed by atoms with van der Waals surface area (Å²) in [6, 6.07) is 22.8. The van der Waals surface area contributed by atoms with Crippen molar-refractivity contribution in [2.24, 2.45) is 0 Å². The van der Waals surface area contributed by atoms with E-state index in [1.54, 1.807) is 6.07 Å². The lowest BCUT2D eigenvalue weighted by Crippen LogP contribution is -1.88. The maximum atomic E-state index is 9.49. The number of hydrogen-bond acceptors (Lipinski definition) is 2. The van der Waals surface area contributed by atoms with Crippen molar-refractivity contribution in [3.05, 3.63) is 72.4 Å². The highest BCUT2D eigenvalue weighted by Gasteiger charge is 2.07. The Labute approximate surface area is 128 Å². The van der Waals surface area contributed by atoms with Gasteiger partial charge in [0.2, 0.25) is 5.88 Å². The molecule has 0 atom stereocenters. The number of rotatable bonds is 1. The SMILES string of the molecule is Cc1nc(O)ccc1-c1ccc2ccc3ccccc3c2c1. The minimum Gasteiger partial charge on any atom is -0.493 e. The smallest absolute Gasteiger partial charge is 0.210 e. The van der Waals surface area contributed by atoms with E-state index in [4.69, 9.17) is 0 Å². The Kier molecular flexibility index (Phi) is 2.83. The minimum absolute atomic E-state index is 0.0625. The van der Waals surface area contributed by atoms with Crippen LogP contribution >= 0.6 is 0 Å². The number of aromatic hydroxyl groups is 1. The van der Waals surface area contributed by atoms with Crippen LogP contribution in [-0.4, -0.2) is 10.1 Å². The first-order valence-corrected chi connectivity index (χ1v) is 7.31. The summed E-state index contributed by atoms with van der Waals surface area (Å²) in [5, 5.41) is 14.5. The first-order valence-electron chi connectivity index (χ1n) is 7.31. The van der Waals surface area contributed by atoms with Crippen molar-refractivity contribution in [1.82, 2.24) is 4.98 Å². The molecular weight excluding hydrogens is 270 g/mol. The third kappa shape index (κ3) is 2.01. The quantitative estimate of drug-likeness (QED) is 0.495. The van der Waals surface area contributed by atoms with Crippen LogP contribution in [0, 0.1) is 6.92 Å². The monoisotopic (exact) mass is 285 g/mol. The van der Waals surface area contributed by atoms with E-state index < -0.39 is 0 Å². The fraction of sp³-hybridized carbons (Fsp3) is 0.0500. The molecule has 1 aromatic heterocycles. The summed E-state index contributed by atoms with van der Waals surface area (Å²) >= 11 is 0. The number of benzene rings is 3. The summed E-state index contributed by atoms with van der Waals surface area (Å²) in [6.07, 6.45) is 0. The van der Waals surface area contributed by atoms with Crippen molar-refractivity contribution in [2.45, 2.75) is 6.92 Å². The molecule has 0 fully saturated rings. The van der Waals surface area contributed by atoms with Crippen molar-refractivity contribution in [1.29, 1.82) is 0 Å². The second kappa shape index (κ2) is 4.85. The molecule has 3 aromatic carbocycles. The van der Waals surface area contributed by atoms with E-state index in [2.05, 4.69) is 59.6 Å². The van der Waals surface area contributed by atoms with Gasteiger partial charge in [0.1, 0.15) is 0 Å². The molecular formula is C20H15NO. The Morgan fingerprint density at radius 2 is 1.50 bits per heavy atom. The van der Waals surface area contributed by atoms with Crippen LogP contribution in [-0.2, 0) is 0 Å². The summed E-state index contributed by atoms with van der Waals surface area (Å²) < 4.78 is 0. The molecule has 0 bridgehead atoms. The Morgan fingerprint density at radius 1 is 0.773 bits per heavy atom. The average molecular weight is 285 g/mol. The van der Waals surface area contributed by atoms with Gasteiger partial charge >= 0.3 is 0 Å². The molecule has 0 spiro atoms. The molecule has 0 aliphatic rings. The Balaban J connectivity index is 2.02. The van der Waals surface area contributed by atoms with Gasteiger partial charge in [-0.25, -0.2) is 4.98 Å². The molecule has 2 heteroatoms. The molecule has 22 heavy (non-hydrogen) atoms. The molecule has 0 saturated carbocycles. The van der Waals surface area contributed by atoms with Crippen molar-refractivity contribution >= 4 is 21.5 Å².